The summed E-state index contributed by atoms with van der Waals surface area (Å²) in [5.41, 5.74) is 4.78. The zero-order chi connectivity index (χ0) is 13.0. The Balaban J connectivity index is 1.96. The van der Waals surface area contributed by atoms with E-state index in [9.17, 15) is 0 Å². The Kier molecular flexibility index (Phi) is 2.43. The van der Waals surface area contributed by atoms with Gasteiger partial charge in [-0.05, 0) is 52.5 Å². The van der Waals surface area contributed by atoms with Gasteiger partial charge in [-0.3, -0.25) is 0 Å². The molecule has 0 saturated carbocycles. The molecule has 0 bridgehead atoms. The zero-order valence-corrected chi connectivity index (χ0v) is 12.6. The van der Waals surface area contributed by atoms with Crippen molar-refractivity contribution in [3.8, 4) is 17.0 Å². The zero-order valence-electron chi connectivity index (χ0n) is 10.2. The molecule has 4 nitrogen and oxygen atoms in total. The number of aromatic nitrogens is 3. The number of benzene rings is 1. The predicted molar refractivity (Wildman–Crippen MR) is 78.0 cm³/mol. The number of rotatable bonds is 1. The second-order valence-electron chi connectivity index (χ2n) is 4.48. The van der Waals surface area contributed by atoms with Crippen LogP contribution in [0.1, 0.15) is 11.3 Å². The Morgan fingerprint density at radius 2 is 2.26 bits per heavy atom. The molecule has 0 atom stereocenters. The monoisotopic (exact) mass is 335 g/mol. The van der Waals surface area contributed by atoms with Crippen molar-refractivity contribution >= 4 is 32.2 Å². The maximum absolute atomic E-state index is 5.29. The van der Waals surface area contributed by atoms with E-state index in [4.69, 9.17) is 9.72 Å². The number of ether oxygens (including phenoxy) is 1. The maximum Gasteiger partial charge on any atom is 0.213 e. The van der Waals surface area contributed by atoms with E-state index < -0.39 is 0 Å². The quantitative estimate of drug-likeness (QED) is 0.684. The van der Waals surface area contributed by atoms with E-state index in [-0.39, 0.29) is 0 Å². The highest BCUT2D eigenvalue weighted by molar-refractivity contribution is 9.11. The van der Waals surface area contributed by atoms with Crippen molar-refractivity contribution in [2.24, 2.45) is 0 Å². The highest BCUT2D eigenvalue weighted by Gasteiger charge is 2.23. The average Bonchev–Trinajstić information content (AvgIpc) is 2.93. The molecule has 1 aliphatic rings. The third-order valence-corrected chi connectivity index (χ3v) is 4.81. The first-order valence-electron chi connectivity index (χ1n) is 5.97. The summed E-state index contributed by atoms with van der Waals surface area (Å²) in [6, 6.07) is 6.19. The molecule has 0 amide bonds. The number of hydrogen-bond donors (Lipinski definition) is 0. The second kappa shape index (κ2) is 4.05. The van der Waals surface area contributed by atoms with Crippen molar-refractivity contribution in [1.82, 2.24) is 14.6 Å². The molecule has 0 N–H and O–H groups in total. The molecule has 0 aliphatic heterocycles. The molecule has 0 radical (unpaired) electrons. The molecule has 0 saturated heterocycles. The molecule has 19 heavy (non-hydrogen) atoms. The van der Waals surface area contributed by atoms with Crippen LogP contribution in [0.2, 0.25) is 0 Å². The van der Waals surface area contributed by atoms with Crippen LogP contribution in [-0.4, -0.2) is 21.7 Å². The fraction of sp³-hybridized carbons (Fsp3) is 0.231. The van der Waals surface area contributed by atoms with Gasteiger partial charge in [0, 0.05) is 5.56 Å². The van der Waals surface area contributed by atoms with Gasteiger partial charge >= 0.3 is 0 Å². The molecular formula is C13H10BrN3OS. The highest BCUT2D eigenvalue weighted by atomic mass is 79.9. The Hall–Kier alpha value is -1.40. The number of hydrogen-bond acceptors (Lipinski definition) is 4. The number of fused-ring (bicyclic) bond motifs is 5. The second-order valence-corrected chi connectivity index (χ2v) is 6.71. The molecule has 3 aromatic rings. The van der Waals surface area contributed by atoms with E-state index in [2.05, 4.69) is 33.2 Å². The van der Waals surface area contributed by atoms with E-state index in [1.807, 2.05) is 10.6 Å². The normalized spacial score (nSPS) is 13.4. The SMILES string of the molecule is COc1ccc2c(c1)CCc1c-2nc2sc(Br)nn12. The lowest BCUT2D eigenvalue weighted by molar-refractivity contribution is 0.414. The third kappa shape index (κ3) is 1.63. The van der Waals surface area contributed by atoms with E-state index >= 15 is 0 Å². The minimum Gasteiger partial charge on any atom is -0.497 e. The molecule has 96 valence electrons. The van der Waals surface area contributed by atoms with Crippen molar-refractivity contribution in [2.45, 2.75) is 12.8 Å². The van der Waals surface area contributed by atoms with E-state index in [1.54, 1.807) is 18.4 Å². The van der Waals surface area contributed by atoms with Gasteiger partial charge in [0.05, 0.1) is 18.5 Å². The first kappa shape index (κ1) is 11.4. The van der Waals surface area contributed by atoms with Crippen molar-refractivity contribution in [3.63, 3.8) is 0 Å². The number of halogens is 1. The van der Waals surface area contributed by atoms with Gasteiger partial charge in [0.1, 0.15) is 5.75 Å². The minimum absolute atomic E-state index is 0.873. The fourth-order valence-electron chi connectivity index (χ4n) is 2.59. The maximum atomic E-state index is 5.29. The summed E-state index contributed by atoms with van der Waals surface area (Å²) in [7, 11) is 1.70. The molecular weight excluding hydrogens is 326 g/mol. The molecule has 6 heteroatoms. The Labute approximate surface area is 122 Å². The predicted octanol–water partition coefficient (Wildman–Crippen LogP) is 3.33. The molecule has 2 aromatic heterocycles. The molecule has 0 fully saturated rings. The Morgan fingerprint density at radius 3 is 3.11 bits per heavy atom. The van der Waals surface area contributed by atoms with Crippen LogP contribution in [0.4, 0.5) is 0 Å². The lowest BCUT2D eigenvalue weighted by Gasteiger charge is -2.16. The Morgan fingerprint density at radius 1 is 1.37 bits per heavy atom. The number of aryl methyl sites for hydroxylation is 2. The lowest BCUT2D eigenvalue weighted by Crippen LogP contribution is -2.06. The third-order valence-electron chi connectivity index (χ3n) is 3.47. The van der Waals surface area contributed by atoms with Crippen LogP contribution in [0, 0.1) is 0 Å². The topological polar surface area (TPSA) is 39.4 Å². The number of imidazole rings is 1. The lowest BCUT2D eigenvalue weighted by atomic mass is 9.92. The van der Waals surface area contributed by atoms with Crippen molar-refractivity contribution < 1.29 is 4.74 Å². The number of nitrogens with zero attached hydrogens (tertiary/aromatic N) is 3. The molecule has 1 aliphatic carbocycles. The van der Waals surface area contributed by atoms with Crippen LogP contribution < -0.4 is 4.74 Å². The van der Waals surface area contributed by atoms with Gasteiger partial charge in [-0.15, -0.1) is 5.10 Å². The van der Waals surface area contributed by atoms with Crippen molar-refractivity contribution in [2.75, 3.05) is 7.11 Å². The first-order chi connectivity index (χ1) is 9.26. The van der Waals surface area contributed by atoms with E-state index in [0.717, 1.165) is 33.2 Å². The minimum atomic E-state index is 0.873. The van der Waals surface area contributed by atoms with Crippen LogP contribution in [0.5, 0.6) is 5.75 Å². The molecule has 4 rings (SSSR count). The van der Waals surface area contributed by atoms with Crippen molar-refractivity contribution in [1.29, 1.82) is 0 Å². The molecule has 1 aromatic carbocycles. The summed E-state index contributed by atoms with van der Waals surface area (Å²) in [4.78, 5) is 5.66. The summed E-state index contributed by atoms with van der Waals surface area (Å²) in [6.45, 7) is 0. The van der Waals surface area contributed by atoms with Gasteiger partial charge in [-0.1, -0.05) is 11.3 Å². The summed E-state index contributed by atoms with van der Waals surface area (Å²) in [5, 5.41) is 4.46. The Bertz CT molecular complexity index is 793. The molecule has 0 unspecified atom stereocenters. The molecule has 2 heterocycles. The van der Waals surface area contributed by atoms with Crippen molar-refractivity contribution in [3.05, 3.63) is 33.4 Å². The van der Waals surface area contributed by atoms with Gasteiger partial charge in [-0.2, -0.15) is 0 Å². The van der Waals surface area contributed by atoms with Gasteiger partial charge in [0.2, 0.25) is 4.96 Å². The average molecular weight is 336 g/mol. The first-order valence-corrected chi connectivity index (χ1v) is 7.58. The highest BCUT2D eigenvalue weighted by Crippen LogP contribution is 2.36. The summed E-state index contributed by atoms with van der Waals surface area (Å²) >= 11 is 4.97. The van der Waals surface area contributed by atoms with Crippen LogP contribution >= 0.6 is 27.3 Å². The molecule has 0 spiro atoms. The summed E-state index contributed by atoms with van der Waals surface area (Å²) in [5.74, 6) is 0.907. The van der Waals surface area contributed by atoms with Crippen LogP contribution in [0.25, 0.3) is 16.2 Å². The van der Waals surface area contributed by atoms with Gasteiger partial charge in [0.15, 0.2) is 3.92 Å². The van der Waals surface area contributed by atoms with E-state index in [1.165, 1.54) is 16.8 Å². The van der Waals surface area contributed by atoms with Gasteiger partial charge in [-0.25, -0.2) is 9.50 Å². The van der Waals surface area contributed by atoms with Gasteiger partial charge < -0.3 is 4.74 Å². The largest absolute Gasteiger partial charge is 0.497 e. The fourth-order valence-corrected chi connectivity index (χ4v) is 3.84. The van der Waals surface area contributed by atoms with Gasteiger partial charge in [0.25, 0.3) is 0 Å². The van der Waals surface area contributed by atoms with E-state index in [0.29, 0.717) is 0 Å². The van der Waals surface area contributed by atoms with Crippen LogP contribution in [-0.2, 0) is 12.8 Å². The summed E-state index contributed by atoms with van der Waals surface area (Å²) in [6.07, 6.45) is 1.97. The smallest absolute Gasteiger partial charge is 0.213 e. The standard InChI is InChI=1S/C13H10BrN3OS/c1-18-8-3-4-9-7(6-8)2-5-10-11(9)15-13-17(10)16-12(14)19-13/h3-4,6H,2,5H2,1H3. The number of methoxy groups -OCH3 is 1. The van der Waals surface area contributed by atoms with Crippen LogP contribution in [0.3, 0.4) is 0 Å². The summed E-state index contributed by atoms with van der Waals surface area (Å²) < 4.78 is 8.11. The van der Waals surface area contributed by atoms with Crippen LogP contribution in [0.15, 0.2) is 22.1 Å².